The fourth-order valence-electron chi connectivity index (χ4n) is 3.04. The molecule has 3 unspecified atom stereocenters. The molecule has 0 spiro atoms. The molecule has 1 saturated heterocycles. The largest absolute Gasteiger partial charge is 0.393 e. The second-order valence-electron chi connectivity index (χ2n) is 5.50. The zero-order chi connectivity index (χ0) is 11.5. The van der Waals surface area contributed by atoms with Crippen molar-refractivity contribution >= 4 is 0 Å². The summed E-state index contributed by atoms with van der Waals surface area (Å²) in [6.45, 7) is 4.37. The maximum Gasteiger partial charge on any atom is 0.0578 e. The molecule has 0 aromatic carbocycles. The van der Waals surface area contributed by atoms with Crippen LogP contribution in [0.4, 0.5) is 0 Å². The van der Waals surface area contributed by atoms with Crippen LogP contribution in [0, 0.1) is 5.92 Å². The lowest BCUT2D eigenvalue weighted by atomic mass is 9.84. The molecule has 94 valence electrons. The van der Waals surface area contributed by atoms with E-state index in [4.69, 9.17) is 0 Å². The van der Waals surface area contributed by atoms with Crippen LogP contribution < -0.4 is 5.32 Å². The quantitative estimate of drug-likeness (QED) is 0.756. The number of hydrogen-bond donors (Lipinski definition) is 2. The number of rotatable bonds is 4. The minimum Gasteiger partial charge on any atom is -0.393 e. The zero-order valence-electron chi connectivity index (χ0n) is 10.7. The molecule has 0 radical (unpaired) electrons. The van der Waals surface area contributed by atoms with Crippen LogP contribution in [0.1, 0.15) is 39.0 Å². The second kappa shape index (κ2) is 5.48. The van der Waals surface area contributed by atoms with Gasteiger partial charge in [-0.15, -0.1) is 0 Å². The van der Waals surface area contributed by atoms with E-state index in [9.17, 15) is 5.11 Å². The van der Waals surface area contributed by atoms with Crippen LogP contribution in [-0.2, 0) is 0 Å². The third kappa shape index (κ3) is 2.58. The van der Waals surface area contributed by atoms with Crippen molar-refractivity contribution < 1.29 is 5.11 Å². The number of nitrogens with one attached hydrogen (secondary N) is 1. The van der Waals surface area contributed by atoms with Crippen molar-refractivity contribution in [1.82, 2.24) is 10.2 Å². The number of aliphatic hydroxyl groups is 1. The van der Waals surface area contributed by atoms with E-state index in [1.54, 1.807) is 0 Å². The number of nitrogens with zero attached hydrogens (tertiary/aromatic N) is 1. The molecular formula is C13H26N2O. The number of likely N-dealkylation sites (N-methyl/N-ethyl adjacent to an activating group) is 1. The molecule has 3 heteroatoms. The van der Waals surface area contributed by atoms with E-state index in [1.165, 1.54) is 25.8 Å². The summed E-state index contributed by atoms with van der Waals surface area (Å²) < 4.78 is 0. The maximum atomic E-state index is 10.0. The summed E-state index contributed by atoms with van der Waals surface area (Å²) in [5.41, 5.74) is 0. The fraction of sp³-hybridized carbons (Fsp3) is 1.00. The first-order valence-corrected chi connectivity index (χ1v) is 6.84. The van der Waals surface area contributed by atoms with Gasteiger partial charge in [-0.3, -0.25) is 4.90 Å². The van der Waals surface area contributed by atoms with Gasteiger partial charge in [-0.25, -0.2) is 0 Å². The number of piperidine rings is 1. The summed E-state index contributed by atoms with van der Waals surface area (Å²) in [4.78, 5) is 2.61. The van der Waals surface area contributed by atoms with Gasteiger partial charge >= 0.3 is 0 Å². The lowest BCUT2D eigenvalue weighted by Crippen LogP contribution is -2.55. The Morgan fingerprint density at radius 3 is 2.62 bits per heavy atom. The molecule has 3 nitrogen and oxygen atoms in total. The van der Waals surface area contributed by atoms with Crippen molar-refractivity contribution in [3.8, 4) is 0 Å². The summed E-state index contributed by atoms with van der Waals surface area (Å²) >= 11 is 0. The van der Waals surface area contributed by atoms with Crippen LogP contribution >= 0.6 is 0 Å². The van der Waals surface area contributed by atoms with E-state index in [-0.39, 0.29) is 6.10 Å². The number of hydrogen-bond acceptors (Lipinski definition) is 3. The van der Waals surface area contributed by atoms with Gasteiger partial charge in [-0.05, 0) is 38.6 Å². The normalized spacial score (nSPS) is 34.7. The number of likely N-dealkylation sites (tertiary alicyclic amines) is 1. The van der Waals surface area contributed by atoms with Crippen LogP contribution in [0.2, 0.25) is 0 Å². The van der Waals surface area contributed by atoms with E-state index in [2.05, 4.69) is 17.1 Å². The molecule has 1 aliphatic carbocycles. The van der Waals surface area contributed by atoms with Crippen molar-refractivity contribution in [2.45, 2.75) is 57.2 Å². The molecule has 0 bridgehead atoms. The Balaban J connectivity index is 1.93. The summed E-state index contributed by atoms with van der Waals surface area (Å²) in [6, 6.07) is 1.38. The molecular weight excluding hydrogens is 200 g/mol. The highest BCUT2D eigenvalue weighted by molar-refractivity contribution is 4.91. The van der Waals surface area contributed by atoms with E-state index in [0.717, 1.165) is 25.4 Å². The van der Waals surface area contributed by atoms with E-state index in [1.807, 2.05) is 7.05 Å². The van der Waals surface area contributed by atoms with Crippen molar-refractivity contribution in [3.63, 3.8) is 0 Å². The Morgan fingerprint density at radius 1 is 1.38 bits per heavy atom. The molecule has 3 atom stereocenters. The first kappa shape index (κ1) is 12.3. The third-order valence-electron chi connectivity index (χ3n) is 4.47. The molecule has 16 heavy (non-hydrogen) atoms. The smallest absolute Gasteiger partial charge is 0.0578 e. The summed E-state index contributed by atoms with van der Waals surface area (Å²) in [5.74, 6) is 0.469. The fourth-order valence-corrected chi connectivity index (χ4v) is 3.04. The topological polar surface area (TPSA) is 35.5 Å². The van der Waals surface area contributed by atoms with Crippen molar-refractivity contribution in [2.75, 3.05) is 20.1 Å². The van der Waals surface area contributed by atoms with Gasteiger partial charge in [-0.1, -0.05) is 13.3 Å². The molecule has 1 heterocycles. The maximum absolute atomic E-state index is 10.0. The average Bonchev–Trinajstić information content (AvgIpc) is 2.25. The second-order valence-corrected chi connectivity index (χ2v) is 5.50. The van der Waals surface area contributed by atoms with Crippen molar-refractivity contribution in [2.24, 2.45) is 5.92 Å². The van der Waals surface area contributed by atoms with Crippen LogP contribution in [0.15, 0.2) is 0 Å². The number of aliphatic hydroxyl groups excluding tert-OH is 1. The van der Waals surface area contributed by atoms with Gasteiger partial charge in [0.1, 0.15) is 0 Å². The molecule has 2 rings (SSSR count). The lowest BCUT2D eigenvalue weighted by Gasteiger charge is -2.46. The van der Waals surface area contributed by atoms with Gasteiger partial charge in [0.2, 0.25) is 0 Å². The van der Waals surface area contributed by atoms with Crippen molar-refractivity contribution in [3.05, 3.63) is 0 Å². The Hall–Kier alpha value is -0.120. The Bertz CT molecular complexity index is 205. The minimum atomic E-state index is -0.112. The average molecular weight is 226 g/mol. The van der Waals surface area contributed by atoms with Crippen LogP contribution in [-0.4, -0.2) is 48.3 Å². The SMILES string of the molecule is CCC(O)C1CC(NC)CN(C2CCC2)C1. The Labute approximate surface area is 99.2 Å². The van der Waals surface area contributed by atoms with Crippen molar-refractivity contribution in [1.29, 1.82) is 0 Å². The summed E-state index contributed by atoms with van der Waals surface area (Å²) in [5, 5.41) is 13.4. The van der Waals surface area contributed by atoms with Crippen LogP contribution in [0.3, 0.4) is 0 Å². The summed E-state index contributed by atoms with van der Waals surface area (Å²) in [6.07, 6.45) is 6.04. The van der Waals surface area contributed by atoms with Gasteiger partial charge in [0.15, 0.2) is 0 Å². The lowest BCUT2D eigenvalue weighted by molar-refractivity contribution is 0.00393. The molecule has 2 N–H and O–H groups in total. The molecule has 2 fully saturated rings. The molecule has 2 aliphatic rings. The summed E-state index contributed by atoms with van der Waals surface area (Å²) in [7, 11) is 2.05. The highest BCUT2D eigenvalue weighted by Crippen LogP contribution is 2.30. The van der Waals surface area contributed by atoms with Gasteiger partial charge in [0.25, 0.3) is 0 Å². The molecule has 0 aromatic rings. The highest BCUT2D eigenvalue weighted by Gasteiger charge is 2.35. The first-order chi connectivity index (χ1) is 7.74. The van der Waals surface area contributed by atoms with Gasteiger partial charge in [0, 0.05) is 25.2 Å². The standard InChI is InChI=1S/C13H26N2O/c1-3-13(16)10-7-11(14-2)9-15(8-10)12-5-4-6-12/h10-14,16H,3-9H2,1-2H3. The molecule has 1 saturated carbocycles. The van der Waals surface area contributed by atoms with Crippen LogP contribution in [0.5, 0.6) is 0 Å². The third-order valence-corrected chi connectivity index (χ3v) is 4.47. The van der Waals surface area contributed by atoms with Gasteiger partial charge < -0.3 is 10.4 Å². The predicted molar refractivity (Wildman–Crippen MR) is 66.5 cm³/mol. The highest BCUT2D eigenvalue weighted by atomic mass is 16.3. The van der Waals surface area contributed by atoms with E-state index >= 15 is 0 Å². The van der Waals surface area contributed by atoms with Crippen LogP contribution in [0.25, 0.3) is 0 Å². The van der Waals surface area contributed by atoms with E-state index in [0.29, 0.717) is 12.0 Å². The minimum absolute atomic E-state index is 0.112. The zero-order valence-corrected chi connectivity index (χ0v) is 10.7. The molecule has 0 aromatic heterocycles. The Kier molecular flexibility index (Phi) is 4.22. The van der Waals surface area contributed by atoms with E-state index < -0.39 is 0 Å². The first-order valence-electron chi connectivity index (χ1n) is 6.84. The molecule has 1 aliphatic heterocycles. The van der Waals surface area contributed by atoms with Gasteiger partial charge in [0.05, 0.1) is 6.10 Å². The Morgan fingerprint density at radius 2 is 2.12 bits per heavy atom. The monoisotopic (exact) mass is 226 g/mol. The molecule has 0 amide bonds. The van der Waals surface area contributed by atoms with Gasteiger partial charge in [-0.2, -0.15) is 0 Å². The predicted octanol–water partition coefficient (Wildman–Crippen LogP) is 1.22.